The lowest BCUT2D eigenvalue weighted by Gasteiger charge is -2.05. The van der Waals surface area contributed by atoms with Gasteiger partial charge in [-0.15, -0.1) is 0 Å². The highest BCUT2D eigenvalue weighted by Gasteiger charge is 2.02. The van der Waals surface area contributed by atoms with Crippen molar-refractivity contribution < 1.29 is 14.6 Å². The number of ether oxygens (including phenoxy) is 1. The highest BCUT2D eigenvalue weighted by Crippen LogP contribution is 2.20. The first-order valence-electron chi connectivity index (χ1n) is 6.23. The molecule has 0 aliphatic rings. The van der Waals surface area contributed by atoms with Crippen molar-refractivity contribution in [2.24, 2.45) is 5.10 Å². The standard InChI is InChI=1S/C15H12BrClN2O3/c16-11-1-6-14(20)10(7-11)8-18-19-15(21)9-22-13-4-2-12(17)3-5-13/h1-8,20H,9H2,(H,19,21)/b18-8+. The molecule has 7 heteroatoms. The molecule has 0 aliphatic carbocycles. The van der Waals surface area contributed by atoms with Crippen LogP contribution in [0.4, 0.5) is 0 Å². The van der Waals surface area contributed by atoms with Crippen molar-refractivity contribution >= 4 is 39.7 Å². The summed E-state index contributed by atoms with van der Waals surface area (Å²) in [7, 11) is 0. The third-order valence-electron chi connectivity index (χ3n) is 2.57. The van der Waals surface area contributed by atoms with Crippen LogP contribution in [0, 0.1) is 0 Å². The van der Waals surface area contributed by atoms with Gasteiger partial charge in [0.2, 0.25) is 0 Å². The number of amides is 1. The molecule has 0 aromatic heterocycles. The molecule has 2 aromatic rings. The Balaban J connectivity index is 1.83. The molecule has 0 bridgehead atoms. The average Bonchev–Trinajstić information content (AvgIpc) is 2.50. The fourth-order valence-electron chi connectivity index (χ4n) is 1.51. The number of nitrogens with one attached hydrogen (secondary N) is 1. The number of hydrazone groups is 1. The van der Waals surface area contributed by atoms with Crippen LogP contribution in [0.15, 0.2) is 52.0 Å². The Kier molecular flexibility index (Phi) is 5.80. The second kappa shape index (κ2) is 7.82. The number of rotatable bonds is 5. The molecule has 0 radical (unpaired) electrons. The first kappa shape index (κ1) is 16.3. The summed E-state index contributed by atoms with van der Waals surface area (Å²) in [6.07, 6.45) is 1.35. The lowest BCUT2D eigenvalue weighted by atomic mass is 10.2. The molecular weight excluding hydrogens is 372 g/mol. The van der Waals surface area contributed by atoms with Gasteiger partial charge < -0.3 is 9.84 Å². The molecule has 0 atom stereocenters. The molecule has 114 valence electrons. The van der Waals surface area contributed by atoms with Gasteiger partial charge in [-0.1, -0.05) is 27.5 Å². The minimum absolute atomic E-state index is 0.0682. The van der Waals surface area contributed by atoms with Gasteiger partial charge in [-0.25, -0.2) is 5.43 Å². The van der Waals surface area contributed by atoms with E-state index in [1.54, 1.807) is 36.4 Å². The third kappa shape index (κ3) is 5.05. The van der Waals surface area contributed by atoms with Gasteiger partial charge in [-0.2, -0.15) is 5.10 Å². The molecule has 0 spiro atoms. The van der Waals surface area contributed by atoms with E-state index in [9.17, 15) is 9.90 Å². The van der Waals surface area contributed by atoms with E-state index in [2.05, 4.69) is 26.5 Å². The van der Waals surface area contributed by atoms with Gasteiger partial charge in [0.25, 0.3) is 5.91 Å². The molecule has 0 fully saturated rings. The molecule has 2 rings (SSSR count). The van der Waals surface area contributed by atoms with E-state index in [4.69, 9.17) is 16.3 Å². The highest BCUT2D eigenvalue weighted by molar-refractivity contribution is 9.10. The fraction of sp³-hybridized carbons (Fsp3) is 0.0667. The fourth-order valence-corrected chi connectivity index (χ4v) is 2.02. The molecule has 22 heavy (non-hydrogen) atoms. The topological polar surface area (TPSA) is 70.9 Å². The molecule has 0 unspecified atom stereocenters. The van der Waals surface area contributed by atoms with Crippen LogP contribution in [-0.4, -0.2) is 23.8 Å². The summed E-state index contributed by atoms with van der Waals surface area (Å²) in [5.41, 5.74) is 2.79. The second-order valence-corrected chi connectivity index (χ2v) is 5.59. The molecule has 0 aliphatic heterocycles. The van der Waals surface area contributed by atoms with E-state index in [0.717, 1.165) is 4.47 Å². The van der Waals surface area contributed by atoms with Crippen LogP contribution < -0.4 is 10.2 Å². The van der Waals surface area contributed by atoms with Crippen molar-refractivity contribution in [1.29, 1.82) is 0 Å². The van der Waals surface area contributed by atoms with Crippen molar-refractivity contribution in [2.75, 3.05) is 6.61 Å². The third-order valence-corrected chi connectivity index (χ3v) is 3.31. The molecule has 2 N–H and O–H groups in total. The van der Waals surface area contributed by atoms with Gasteiger partial charge in [-0.3, -0.25) is 4.79 Å². The number of phenolic OH excluding ortho intramolecular Hbond substituents is 1. The van der Waals surface area contributed by atoms with Crippen molar-refractivity contribution in [1.82, 2.24) is 5.43 Å². The SMILES string of the molecule is O=C(COc1ccc(Cl)cc1)N/N=C/c1cc(Br)ccc1O. The molecule has 1 amide bonds. The van der Waals surface area contributed by atoms with E-state index in [1.807, 2.05) is 0 Å². The zero-order valence-corrected chi connectivity index (χ0v) is 13.6. The second-order valence-electron chi connectivity index (χ2n) is 4.24. The lowest BCUT2D eigenvalue weighted by Crippen LogP contribution is -2.24. The maximum absolute atomic E-state index is 11.6. The van der Waals surface area contributed by atoms with E-state index in [0.29, 0.717) is 16.3 Å². The maximum atomic E-state index is 11.6. The van der Waals surface area contributed by atoms with Gasteiger partial charge in [-0.05, 0) is 42.5 Å². The summed E-state index contributed by atoms with van der Waals surface area (Å²) in [4.78, 5) is 11.6. The largest absolute Gasteiger partial charge is 0.507 e. The van der Waals surface area contributed by atoms with Crippen LogP contribution in [0.5, 0.6) is 11.5 Å². The number of hydrogen-bond acceptors (Lipinski definition) is 4. The Hall–Kier alpha value is -2.05. The van der Waals surface area contributed by atoms with Crippen LogP contribution in [0.25, 0.3) is 0 Å². The first-order chi connectivity index (χ1) is 10.5. The van der Waals surface area contributed by atoms with Crippen LogP contribution in [0.2, 0.25) is 5.02 Å². The number of phenols is 1. The molecule has 0 saturated heterocycles. The molecule has 2 aromatic carbocycles. The summed E-state index contributed by atoms with van der Waals surface area (Å²) in [5, 5.41) is 14.0. The van der Waals surface area contributed by atoms with Crippen LogP contribution in [0.1, 0.15) is 5.56 Å². The van der Waals surface area contributed by atoms with E-state index >= 15 is 0 Å². The molecule has 5 nitrogen and oxygen atoms in total. The summed E-state index contributed by atoms with van der Waals surface area (Å²) in [6.45, 7) is -0.177. The number of carbonyl (C=O) groups is 1. The van der Waals surface area contributed by atoms with Crippen LogP contribution in [0.3, 0.4) is 0 Å². The predicted octanol–water partition coefficient (Wildman–Crippen LogP) is 3.34. The molecule has 0 saturated carbocycles. The number of nitrogens with zero attached hydrogens (tertiary/aromatic N) is 1. The number of aromatic hydroxyl groups is 1. The highest BCUT2D eigenvalue weighted by atomic mass is 79.9. The number of carbonyl (C=O) groups excluding carboxylic acids is 1. The van der Waals surface area contributed by atoms with Gasteiger partial charge in [0.15, 0.2) is 6.61 Å². The Morgan fingerprint density at radius 1 is 1.32 bits per heavy atom. The average molecular weight is 384 g/mol. The minimum atomic E-state index is -0.416. The van der Waals surface area contributed by atoms with E-state index < -0.39 is 5.91 Å². The van der Waals surface area contributed by atoms with Gasteiger partial charge in [0, 0.05) is 15.1 Å². The summed E-state index contributed by atoms with van der Waals surface area (Å²) >= 11 is 9.03. The smallest absolute Gasteiger partial charge is 0.277 e. The Morgan fingerprint density at radius 2 is 2.05 bits per heavy atom. The van der Waals surface area contributed by atoms with Crippen molar-refractivity contribution in [3.8, 4) is 11.5 Å². The maximum Gasteiger partial charge on any atom is 0.277 e. The van der Waals surface area contributed by atoms with E-state index in [-0.39, 0.29) is 12.4 Å². The molecular formula is C15H12BrClN2O3. The summed E-state index contributed by atoms with van der Waals surface area (Å²) in [6, 6.07) is 11.6. The number of benzene rings is 2. The van der Waals surface area contributed by atoms with Crippen LogP contribution >= 0.6 is 27.5 Å². The Bertz CT molecular complexity index is 690. The summed E-state index contributed by atoms with van der Waals surface area (Å²) < 4.78 is 6.06. The zero-order valence-electron chi connectivity index (χ0n) is 11.3. The van der Waals surface area contributed by atoms with E-state index in [1.165, 1.54) is 12.3 Å². The van der Waals surface area contributed by atoms with Crippen LogP contribution in [-0.2, 0) is 4.79 Å². The molecule has 0 heterocycles. The van der Waals surface area contributed by atoms with Crippen molar-refractivity contribution in [3.05, 3.63) is 57.5 Å². The zero-order chi connectivity index (χ0) is 15.9. The quantitative estimate of drug-likeness (QED) is 0.614. The predicted molar refractivity (Wildman–Crippen MR) is 88.5 cm³/mol. The lowest BCUT2D eigenvalue weighted by molar-refractivity contribution is -0.123. The number of halogens is 2. The van der Waals surface area contributed by atoms with Gasteiger partial charge in [0.1, 0.15) is 11.5 Å². The van der Waals surface area contributed by atoms with Gasteiger partial charge >= 0.3 is 0 Å². The summed E-state index contributed by atoms with van der Waals surface area (Å²) in [5.74, 6) is 0.187. The normalized spacial score (nSPS) is 10.6. The van der Waals surface area contributed by atoms with Crippen molar-refractivity contribution in [2.45, 2.75) is 0 Å². The van der Waals surface area contributed by atoms with Crippen molar-refractivity contribution in [3.63, 3.8) is 0 Å². The minimum Gasteiger partial charge on any atom is -0.507 e. The van der Waals surface area contributed by atoms with Gasteiger partial charge in [0.05, 0.1) is 6.21 Å². The number of hydrogen-bond donors (Lipinski definition) is 2. The Morgan fingerprint density at radius 3 is 2.77 bits per heavy atom. The monoisotopic (exact) mass is 382 g/mol. The first-order valence-corrected chi connectivity index (χ1v) is 7.40. The Labute approximate surface area is 140 Å².